The third kappa shape index (κ3) is 3.65. The van der Waals surface area contributed by atoms with E-state index in [-0.39, 0.29) is 22.5 Å². The Morgan fingerprint density at radius 1 is 1.56 bits per heavy atom. The second-order valence-electron chi connectivity index (χ2n) is 4.30. The number of aromatic nitrogens is 2. The van der Waals surface area contributed by atoms with Gasteiger partial charge in [0.05, 0.1) is 17.8 Å². The highest BCUT2D eigenvalue weighted by atomic mass is 35.5. The maximum atomic E-state index is 12.1. The Labute approximate surface area is 112 Å². The van der Waals surface area contributed by atoms with Crippen molar-refractivity contribution < 1.29 is 9.53 Å². The van der Waals surface area contributed by atoms with Crippen molar-refractivity contribution in [1.29, 1.82) is 0 Å². The molecular formula is C12H18ClN3O2. The first-order valence-electron chi connectivity index (χ1n) is 5.74. The number of carbonyl (C=O) groups excluding carboxylic acids is 1. The predicted molar refractivity (Wildman–Crippen MR) is 70.0 cm³/mol. The van der Waals surface area contributed by atoms with Gasteiger partial charge in [-0.2, -0.15) is 0 Å². The molecule has 0 bridgehead atoms. The van der Waals surface area contributed by atoms with Gasteiger partial charge in [-0.25, -0.2) is 9.97 Å². The van der Waals surface area contributed by atoms with Gasteiger partial charge in [0.1, 0.15) is 5.82 Å². The number of likely N-dealkylation sites (N-methyl/N-ethyl adjacent to an activating group) is 1. The van der Waals surface area contributed by atoms with E-state index in [2.05, 4.69) is 9.97 Å². The van der Waals surface area contributed by atoms with Crippen LogP contribution >= 0.6 is 11.6 Å². The summed E-state index contributed by atoms with van der Waals surface area (Å²) >= 11 is 5.97. The van der Waals surface area contributed by atoms with E-state index < -0.39 is 0 Å². The van der Waals surface area contributed by atoms with Crippen molar-refractivity contribution in [3.63, 3.8) is 0 Å². The van der Waals surface area contributed by atoms with Crippen LogP contribution in [-0.2, 0) is 4.74 Å². The van der Waals surface area contributed by atoms with Gasteiger partial charge in [0, 0.05) is 26.6 Å². The fourth-order valence-electron chi connectivity index (χ4n) is 1.32. The topological polar surface area (TPSA) is 55.3 Å². The lowest BCUT2D eigenvalue weighted by atomic mass is 10.2. The number of amides is 1. The Hall–Kier alpha value is -1.20. The maximum absolute atomic E-state index is 12.1. The zero-order chi connectivity index (χ0) is 13.7. The Morgan fingerprint density at radius 2 is 2.22 bits per heavy atom. The van der Waals surface area contributed by atoms with Crippen LogP contribution in [-0.4, -0.2) is 48.1 Å². The van der Waals surface area contributed by atoms with Gasteiger partial charge in [0.15, 0.2) is 5.69 Å². The Kier molecular flexibility index (Phi) is 5.50. The number of ether oxygens (including phenoxy) is 1. The summed E-state index contributed by atoms with van der Waals surface area (Å²) in [6, 6.07) is 0. The quantitative estimate of drug-likeness (QED) is 0.822. The van der Waals surface area contributed by atoms with Gasteiger partial charge in [0.25, 0.3) is 5.91 Å². The van der Waals surface area contributed by atoms with Crippen LogP contribution in [0.2, 0.25) is 5.02 Å². The maximum Gasteiger partial charge on any atom is 0.273 e. The van der Waals surface area contributed by atoms with E-state index in [1.165, 1.54) is 11.1 Å². The molecule has 1 amide bonds. The predicted octanol–water partition coefficient (Wildman–Crippen LogP) is 1.97. The van der Waals surface area contributed by atoms with Crippen molar-refractivity contribution in [1.82, 2.24) is 14.9 Å². The molecule has 1 rings (SSSR count). The molecular weight excluding hydrogens is 254 g/mol. The highest BCUT2D eigenvalue weighted by molar-refractivity contribution is 6.33. The van der Waals surface area contributed by atoms with Crippen molar-refractivity contribution in [2.75, 3.05) is 27.3 Å². The van der Waals surface area contributed by atoms with E-state index in [1.807, 2.05) is 13.8 Å². The molecule has 6 heteroatoms. The average molecular weight is 272 g/mol. The van der Waals surface area contributed by atoms with Gasteiger partial charge < -0.3 is 9.64 Å². The molecule has 0 atom stereocenters. The molecule has 0 radical (unpaired) electrons. The van der Waals surface area contributed by atoms with Gasteiger partial charge in [-0.15, -0.1) is 0 Å². The van der Waals surface area contributed by atoms with Crippen LogP contribution in [0.25, 0.3) is 0 Å². The molecule has 1 aromatic rings. The van der Waals surface area contributed by atoms with Crippen molar-refractivity contribution in [3.8, 4) is 0 Å². The third-order valence-electron chi connectivity index (χ3n) is 2.46. The Morgan fingerprint density at radius 3 is 2.78 bits per heavy atom. The standard InChI is InChI=1S/C12H18ClN3O2/c1-8(2)11-14-7-9(13)10(15-11)12(17)16(3)5-6-18-4/h7-8H,5-6H2,1-4H3. The normalized spacial score (nSPS) is 10.8. The van der Waals surface area contributed by atoms with E-state index in [0.29, 0.717) is 19.0 Å². The fourth-order valence-corrected chi connectivity index (χ4v) is 1.49. The number of nitrogens with zero attached hydrogens (tertiary/aromatic N) is 3. The molecule has 1 aromatic heterocycles. The van der Waals surface area contributed by atoms with Crippen LogP contribution in [0.15, 0.2) is 6.20 Å². The zero-order valence-corrected chi connectivity index (χ0v) is 11.9. The largest absolute Gasteiger partial charge is 0.383 e. The van der Waals surface area contributed by atoms with Crippen LogP contribution in [0.1, 0.15) is 36.1 Å². The molecule has 0 fully saturated rings. The minimum absolute atomic E-state index is 0.151. The molecule has 18 heavy (non-hydrogen) atoms. The Balaban J connectivity index is 2.93. The van der Waals surface area contributed by atoms with E-state index in [9.17, 15) is 4.79 Å². The smallest absolute Gasteiger partial charge is 0.273 e. The monoisotopic (exact) mass is 271 g/mol. The summed E-state index contributed by atoms with van der Waals surface area (Å²) in [7, 11) is 3.28. The molecule has 100 valence electrons. The number of rotatable bonds is 5. The number of carbonyl (C=O) groups is 1. The lowest BCUT2D eigenvalue weighted by Crippen LogP contribution is -2.31. The lowest BCUT2D eigenvalue weighted by molar-refractivity contribution is 0.0738. The molecule has 0 N–H and O–H groups in total. The molecule has 0 aliphatic heterocycles. The van der Waals surface area contributed by atoms with Crippen molar-refractivity contribution in [2.45, 2.75) is 19.8 Å². The average Bonchev–Trinajstić information content (AvgIpc) is 2.35. The van der Waals surface area contributed by atoms with Crippen molar-refractivity contribution >= 4 is 17.5 Å². The van der Waals surface area contributed by atoms with Gasteiger partial charge in [0.2, 0.25) is 0 Å². The van der Waals surface area contributed by atoms with Gasteiger partial charge in [-0.1, -0.05) is 25.4 Å². The summed E-state index contributed by atoms with van der Waals surface area (Å²) in [5.74, 6) is 0.544. The van der Waals surface area contributed by atoms with E-state index in [1.54, 1.807) is 14.2 Å². The minimum Gasteiger partial charge on any atom is -0.383 e. The highest BCUT2D eigenvalue weighted by Crippen LogP contribution is 2.17. The van der Waals surface area contributed by atoms with Crippen LogP contribution < -0.4 is 0 Å². The molecule has 0 aliphatic carbocycles. The first-order valence-corrected chi connectivity index (χ1v) is 6.12. The fraction of sp³-hybridized carbons (Fsp3) is 0.583. The van der Waals surface area contributed by atoms with Gasteiger partial charge >= 0.3 is 0 Å². The molecule has 5 nitrogen and oxygen atoms in total. The second-order valence-corrected chi connectivity index (χ2v) is 4.71. The number of methoxy groups -OCH3 is 1. The second kappa shape index (κ2) is 6.66. The summed E-state index contributed by atoms with van der Waals surface area (Å²) in [5, 5.41) is 0.272. The summed E-state index contributed by atoms with van der Waals surface area (Å²) in [6.45, 7) is 4.90. The summed E-state index contributed by atoms with van der Waals surface area (Å²) in [6.07, 6.45) is 1.47. The molecule has 0 saturated heterocycles. The van der Waals surface area contributed by atoms with Crippen molar-refractivity contribution in [3.05, 3.63) is 22.7 Å². The van der Waals surface area contributed by atoms with Gasteiger partial charge in [-0.3, -0.25) is 4.79 Å². The molecule has 0 saturated carbocycles. The van der Waals surface area contributed by atoms with Crippen LogP contribution in [0.5, 0.6) is 0 Å². The number of hydrogen-bond donors (Lipinski definition) is 0. The van der Waals surface area contributed by atoms with Crippen LogP contribution in [0.3, 0.4) is 0 Å². The first-order chi connectivity index (χ1) is 8.47. The molecule has 0 unspecified atom stereocenters. The minimum atomic E-state index is -0.221. The zero-order valence-electron chi connectivity index (χ0n) is 11.1. The summed E-state index contributed by atoms with van der Waals surface area (Å²) < 4.78 is 4.93. The summed E-state index contributed by atoms with van der Waals surface area (Å²) in [5.41, 5.74) is 0.244. The van der Waals surface area contributed by atoms with E-state index in [0.717, 1.165) is 0 Å². The SMILES string of the molecule is COCCN(C)C(=O)c1nc(C(C)C)ncc1Cl. The van der Waals surface area contributed by atoms with E-state index in [4.69, 9.17) is 16.3 Å². The lowest BCUT2D eigenvalue weighted by Gasteiger charge is -2.17. The van der Waals surface area contributed by atoms with Crippen molar-refractivity contribution in [2.24, 2.45) is 0 Å². The first kappa shape index (κ1) is 14.9. The molecule has 0 aliphatic rings. The molecule has 0 aromatic carbocycles. The number of halogens is 1. The van der Waals surface area contributed by atoms with Crippen LogP contribution in [0.4, 0.5) is 0 Å². The highest BCUT2D eigenvalue weighted by Gasteiger charge is 2.18. The Bertz CT molecular complexity index is 424. The van der Waals surface area contributed by atoms with E-state index >= 15 is 0 Å². The molecule has 1 heterocycles. The summed E-state index contributed by atoms with van der Waals surface area (Å²) in [4.78, 5) is 22.0. The van der Waals surface area contributed by atoms with Gasteiger partial charge in [-0.05, 0) is 0 Å². The third-order valence-corrected chi connectivity index (χ3v) is 2.74. The number of hydrogen-bond acceptors (Lipinski definition) is 4. The van der Waals surface area contributed by atoms with Crippen LogP contribution in [0, 0.1) is 0 Å². The molecule has 0 spiro atoms.